The molecule has 6 heteroatoms. The molecule has 0 unspecified atom stereocenters. The van der Waals surface area contributed by atoms with Gasteiger partial charge >= 0.3 is 0 Å². The molecule has 0 aliphatic rings. The molecule has 2 aromatic heterocycles. The standard InChI is InChI=1S/C12H13N3OS2/c1-8-14-6-9(18-8)7-15(2)12(16)10-4-3-5-13-11(10)17/h3-6H,7H2,1-2H3,(H,13,17). The van der Waals surface area contributed by atoms with Crippen LogP contribution < -0.4 is 0 Å². The lowest BCUT2D eigenvalue weighted by molar-refractivity contribution is 0.0785. The number of hydrogen-bond donors (Lipinski definition) is 1. The molecule has 94 valence electrons. The van der Waals surface area contributed by atoms with Gasteiger partial charge in [0.15, 0.2) is 0 Å². The molecule has 18 heavy (non-hydrogen) atoms. The van der Waals surface area contributed by atoms with E-state index in [0.29, 0.717) is 16.7 Å². The van der Waals surface area contributed by atoms with Crippen molar-refractivity contribution >= 4 is 29.5 Å². The molecule has 2 rings (SSSR count). The van der Waals surface area contributed by atoms with E-state index in [4.69, 9.17) is 12.2 Å². The molecule has 2 aromatic rings. The molecular weight excluding hydrogens is 266 g/mol. The average molecular weight is 279 g/mol. The fourth-order valence-electron chi connectivity index (χ4n) is 1.58. The first-order valence-electron chi connectivity index (χ1n) is 5.42. The van der Waals surface area contributed by atoms with Gasteiger partial charge in [-0.2, -0.15) is 0 Å². The summed E-state index contributed by atoms with van der Waals surface area (Å²) in [6.45, 7) is 2.50. The highest BCUT2D eigenvalue weighted by Crippen LogP contribution is 2.15. The van der Waals surface area contributed by atoms with Gasteiger partial charge in [0.25, 0.3) is 5.91 Å². The summed E-state index contributed by atoms with van der Waals surface area (Å²) < 4.78 is 0.467. The monoisotopic (exact) mass is 279 g/mol. The highest BCUT2D eigenvalue weighted by atomic mass is 32.1. The van der Waals surface area contributed by atoms with Crippen molar-refractivity contribution in [1.29, 1.82) is 0 Å². The minimum absolute atomic E-state index is 0.0806. The van der Waals surface area contributed by atoms with E-state index in [1.165, 1.54) is 0 Å². The lowest BCUT2D eigenvalue weighted by atomic mass is 10.2. The summed E-state index contributed by atoms with van der Waals surface area (Å²) in [5.74, 6) is -0.0806. The predicted molar refractivity (Wildman–Crippen MR) is 74.3 cm³/mol. The van der Waals surface area contributed by atoms with E-state index in [1.54, 1.807) is 47.8 Å². The van der Waals surface area contributed by atoms with E-state index in [1.807, 2.05) is 6.92 Å². The Kier molecular flexibility index (Phi) is 3.88. The molecule has 0 bridgehead atoms. The Morgan fingerprint density at radius 3 is 3.00 bits per heavy atom. The SMILES string of the molecule is Cc1ncc(CN(C)C(=O)c2ccc[nH]c2=S)s1. The topological polar surface area (TPSA) is 49.0 Å². The van der Waals surface area contributed by atoms with Crippen molar-refractivity contribution in [3.63, 3.8) is 0 Å². The van der Waals surface area contributed by atoms with Crippen LogP contribution >= 0.6 is 23.6 Å². The number of aryl methyl sites for hydroxylation is 1. The number of pyridine rings is 1. The van der Waals surface area contributed by atoms with Crippen LogP contribution in [0.3, 0.4) is 0 Å². The Hall–Kier alpha value is -1.53. The van der Waals surface area contributed by atoms with Crippen LogP contribution in [0, 0.1) is 11.6 Å². The second kappa shape index (κ2) is 5.41. The van der Waals surface area contributed by atoms with Gasteiger partial charge in [0.2, 0.25) is 0 Å². The number of amides is 1. The summed E-state index contributed by atoms with van der Waals surface area (Å²) in [5, 5.41) is 1.00. The number of aromatic amines is 1. The first-order valence-corrected chi connectivity index (χ1v) is 6.65. The Labute approximate surface area is 114 Å². The fourth-order valence-corrected chi connectivity index (χ4v) is 2.65. The highest BCUT2D eigenvalue weighted by molar-refractivity contribution is 7.71. The first kappa shape index (κ1) is 12.9. The molecule has 0 atom stereocenters. The third kappa shape index (κ3) is 2.83. The zero-order valence-corrected chi connectivity index (χ0v) is 11.8. The third-order valence-electron chi connectivity index (χ3n) is 2.46. The number of carbonyl (C=O) groups is 1. The minimum Gasteiger partial charge on any atom is -0.352 e. The van der Waals surface area contributed by atoms with E-state index < -0.39 is 0 Å². The molecule has 0 fully saturated rings. The number of aromatic nitrogens is 2. The lowest BCUT2D eigenvalue weighted by Crippen LogP contribution is -2.26. The minimum atomic E-state index is -0.0806. The Morgan fingerprint density at radius 2 is 2.39 bits per heavy atom. The van der Waals surface area contributed by atoms with Crippen LogP contribution in [-0.4, -0.2) is 27.8 Å². The molecule has 0 spiro atoms. The zero-order valence-electron chi connectivity index (χ0n) is 10.1. The molecule has 0 saturated carbocycles. The third-order valence-corrected chi connectivity index (χ3v) is 3.69. The number of rotatable bonds is 3. The molecular formula is C12H13N3OS2. The van der Waals surface area contributed by atoms with E-state index >= 15 is 0 Å². The molecule has 1 amide bonds. The van der Waals surface area contributed by atoms with Gasteiger partial charge in [0.1, 0.15) is 4.64 Å². The summed E-state index contributed by atoms with van der Waals surface area (Å²) in [6, 6.07) is 3.50. The molecule has 1 N–H and O–H groups in total. The normalized spacial score (nSPS) is 10.3. The van der Waals surface area contributed by atoms with E-state index in [9.17, 15) is 4.79 Å². The Bertz CT molecular complexity index is 618. The summed E-state index contributed by atoms with van der Waals surface area (Å²) in [5.41, 5.74) is 0.524. The number of nitrogens with zero attached hydrogens (tertiary/aromatic N) is 2. The van der Waals surface area contributed by atoms with Crippen LogP contribution in [0.4, 0.5) is 0 Å². The van der Waals surface area contributed by atoms with Crippen molar-refractivity contribution in [3.8, 4) is 0 Å². The van der Waals surface area contributed by atoms with Crippen LogP contribution in [0.1, 0.15) is 20.2 Å². The predicted octanol–water partition coefficient (Wildman–Crippen LogP) is 2.78. The van der Waals surface area contributed by atoms with Crippen molar-refractivity contribution in [1.82, 2.24) is 14.9 Å². The number of H-pyrrole nitrogens is 1. The summed E-state index contributed by atoms with van der Waals surface area (Å²) in [7, 11) is 1.76. The van der Waals surface area contributed by atoms with Gasteiger partial charge < -0.3 is 9.88 Å². The molecule has 0 aliphatic carbocycles. The van der Waals surface area contributed by atoms with Crippen molar-refractivity contribution < 1.29 is 4.79 Å². The van der Waals surface area contributed by atoms with Gasteiger partial charge in [-0.15, -0.1) is 11.3 Å². The highest BCUT2D eigenvalue weighted by Gasteiger charge is 2.14. The molecule has 0 aromatic carbocycles. The van der Waals surface area contributed by atoms with Crippen molar-refractivity contribution in [2.45, 2.75) is 13.5 Å². The van der Waals surface area contributed by atoms with Gasteiger partial charge in [-0.25, -0.2) is 4.98 Å². The van der Waals surface area contributed by atoms with E-state index in [2.05, 4.69) is 9.97 Å². The quantitative estimate of drug-likeness (QED) is 0.879. The van der Waals surface area contributed by atoms with Crippen LogP contribution in [0.2, 0.25) is 0 Å². The zero-order chi connectivity index (χ0) is 13.1. The summed E-state index contributed by atoms with van der Waals surface area (Å²) >= 11 is 6.70. The van der Waals surface area contributed by atoms with Gasteiger partial charge in [0, 0.05) is 24.3 Å². The number of carbonyl (C=O) groups excluding carboxylic acids is 1. The van der Waals surface area contributed by atoms with Crippen LogP contribution in [0.25, 0.3) is 0 Å². The smallest absolute Gasteiger partial charge is 0.256 e. The maximum atomic E-state index is 12.2. The van der Waals surface area contributed by atoms with Crippen molar-refractivity contribution in [2.24, 2.45) is 0 Å². The number of nitrogens with one attached hydrogen (secondary N) is 1. The second-order valence-electron chi connectivity index (χ2n) is 3.92. The van der Waals surface area contributed by atoms with Crippen LogP contribution in [0.15, 0.2) is 24.5 Å². The Morgan fingerprint density at radius 1 is 1.61 bits per heavy atom. The average Bonchev–Trinajstić information content (AvgIpc) is 2.74. The largest absolute Gasteiger partial charge is 0.352 e. The molecule has 2 heterocycles. The first-order chi connectivity index (χ1) is 8.58. The van der Waals surface area contributed by atoms with Gasteiger partial charge in [-0.1, -0.05) is 12.2 Å². The van der Waals surface area contributed by atoms with Gasteiger partial charge in [-0.3, -0.25) is 4.79 Å². The number of hydrogen-bond acceptors (Lipinski definition) is 4. The fraction of sp³-hybridized carbons (Fsp3) is 0.250. The summed E-state index contributed by atoms with van der Waals surface area (Å²) in [6.07, 6.45) is 3.52. The molecule has 0 aliphatic heterocycles. The second-order valence-corrected chi connectivity index (χ2v) is 5.65. The van der Waals surface area contributed by atoms with Crippen LogP contribution in [0.5, 0.6) is 0 Å². The maximum Gasteiger partial charge on any atom is 0.256 e. The lowest BCUT2D eigenvalue weighted by Gasteiger charge is -2.15. The Balaban J connectivity index is 2.15. The molecule has 4 nitrogen and oxygen atoms in total. The van der Waals surface area contributed by atoms with Crippen molar-refractivity contribution in [3.05, 3.63) is 44.6 Å². The molecule has 0 radical (unpaired) electrons. The van der Waals surface area contributed by atoms with E-state index in [0.717, 1.165) is 9.88 Å². The summed E-state index contributed by atoms with van der Waals surface area (Å²) in [4.78, 5) is 21.9. The molecule has 0 saturated heterocycles. The van der Waals surface area contributed by atoms with Gasteiger partial charge in [-0.05, 0) is 19.1 Å². The van der Waals surface area contributed by atoms with Crippen LogP contribution in [-0.2, 0) is 6.54 Å². The number of thiazole rings is 1. The van der Waals surface area contributed by atoms with Gasteiger partial charge in [0.05, 0.1) is 17.1 Å². The maximum absolute atomic E-state index is 12.2. The van der Waals surface area contributed by atoms with E-state index in [-0.39, 0.29) is 5.91 Å². The van der Waals surface area contributed by atoms with Crippen molar-refractivity contribution in [2.75, 3.05) is 7.05 Å².